The molecule has 1 saturated carbocycles. The highest BCUT2D eigenvalue weighted by Crippen LogP contribution is 2.45. The molecule has 1 aliphatic carbocycles. The number of nitrogens with two attached hydrogens (primary N) is 1. The third kappa shape index (κ3) is 4.05. The second-order valence-corrected chi connectivity index (χ2v) is 11.8. The van der Waals surface area contributed by atoms with E-state index in [0.29, 0.717) is 23.6 Å². The smallest absolute Gasteiger partial charge is 0.187 e. The van der Waals surface area contributed by atoms with Crippen molar-refractivity contribution in [2.24, 2.45) is 16.6 Å². The van der Waals surface area contributed by atoms with Crippen LogP contribution in [-0.4, -0.2) is 40.5 Å². The van der Waals surface area contributed by atoms with Crippen LogP contribution in [-0.2, 0) is 21.8 Å². The Balaban J connectivity index is 1.67. The van der Waals surface area contributed by atoms with Crippen LogP contribution < -0.4 is 5.73 Å². The molecule has 0 unspecified atom stereocenters. The summed E-state index contributed by atoms with van der Waals surface area (Å²) in [4.78, 5) is 25.3. The van der Waals surface area contributed by atoms with Crippen LogP contribution in [0.2, 0.25) is 0 Å². The predicted molar refractivity (Wildman–Crippen MR) is 120 cm³/mol. The molecule has 0 radical (unpaired) electrons. The van der Waals surface area contributed by atoms with Gasteiger partial charge in [-0.25, -0.2) is 17.8 Å². The Morgan fingerprint density at radius 2 is 1.94 bits per heavy atom. The largest absolute Gasteiger partial charge is 0.386 e. The lowest BCUT2D eigenvalue weighted by Gasteiger charge is -2.40. The first-order valence-corrected chi connectivity index (χ1v) is 12.3. The van der Waals surface area contributed by atoms with Gasteiger partial charge in [-0.15, -0.1) is 0 Å². The Bertz CT molecular complexity index is 1210. The summed E-state index contributed by atoms with van der Waals surface area (Å²) >= 11 is 0. The number of ketones is 1. The van der Waals surface area contributed by atoms with Crippen LogP contribution in [0.3, 0.4) is 0 Å². The van der Waals surface area contributed by atoms with Crippen LogP contribution in [0, 0.1) is 18.7 Å². The second-order valence-electron chi connectivity index (χ2n) is 9.37. The number of benzene rings is 1. The van der Waals surface area contributed by atoms with Gasteiger partial charge in [0.05, 0.1) is 17.6 Å². The van der Waals surface area contributed by atoms with Crippen molar-refractivity contribution in [3.8, 4) is 0 Å². The first-order chi connectivity index (χ1) is 14.9. The molecule has 7 nitrogen and oxygen atoms in total. The van der Waals surface area contributed by atoms with E-state index in [-0.39, 0.29) is 35.0 Å². The zero-order valence-corrected chi connectivity index (χ0v) is 19.2. The normalized spacial score (nSPS) is 27.1. The molecule has 1 aromatic carbocycles. The minimum atomic E-state index is -3.69. The molecule has 0 amide bonds. The van der Waals surface area contributed by atoms with Gasteiger partial charge in [0.25, 0.3) is 0 Å². The lowest BCUT2D eigenvalue weighted by Crippen LogP contribution is -2.57. The van der Waals surface area contributed by atoms with E-state index in [4.69, 9.17) is 5.73 Å². The van der Waals surface area contributed by atoms with Crippen LogP contribution in [0.4, 0.5) is 4.39 Å². The van der Waals surface area contributed by atoms with Gasteiger partial charge >= 0.3 is 0 Å². The number of carbonyl (C=O) groups excluding carboxylic acids is 1. The van der Waals surface area contributed by atoms with Gasteiger partial charge in [0.2, 0.25) is 0 Å². The second kappa shape index (κ2) is 7.72. The maximum absolute atomic E-state index is 14.9. The van der Waals surface area contributed by atoms with Gasteiger partial charge in [0.1, 0.15) is 27.6 Å². The van der Waals surface area contributed by atoms with E-state index >= 15 is 0 Å². The van der Waals surface area contributed by atoms with E-state index in [2.05, 4.69) is 15.0 Å². The van der Waals surface area contributed by atoms with Gasteiger partial charge in [-0.05, 0) is 50.8 Å². The first kappa shape index (κ1) is 22.5. The van der Waals surface area contributed by atoms with Gasteiger partial charge < -0.3 is 5.73 Å². The maximum Gasteiger partial charge on any atom is 0.187 e. The predicted octanol–water partition coefficient (Wildman–Crippen LogP) is 2.91. The Hall–Kier alpha value is -2.68. The molecule has 0 saturated heterocycles. The van der Waals surface area contributed by atoms with Crippen molar-refractivity contribution in [3.63, 3.8) is 0 Å². The number of halogens is 1. The highest BCUT2D eigenvalue weighted by Gasteiger charge is 2.53. The summed E-state index contributed by atoms with van der Waals surface area (Å²) in [5.74, 6) is -0.840. The lowest BCUT2D eigenvalue weighted by molar-refractivity contribution is 0.0987. The Morgan fingerprint density at radius 3 is 2.53 bits per heavy atom. The number of hydrogen-bond donors (Lipinski definition) is 1. The summed E-state index contributed by atoms with van der Waals surface area (Å²) in [6.45, 7) is 4.96. The highest BCUT2D eigenvalue weighted by molar-refractivity contribution is 7.93. The summed E-state index contributed by atoms with van der Waals surface area (Å²) in [5.41, 5.74) is 6.39. The number of amidine groups is 1. The Morgan fingerprint density at radius 1 is 1.22 bits per heavy atom. The van der Waals surface area contributed by atoms with E-state index < -0.39 is 25.9 Å². The van der Waals surface area contributed by atoms with E-state index in [1.165, 1.54) is 30.6 Å². The number of aliphatic imine (C=N–C) groups is 1. The summed E-state index contributed by atoms with van der Waals surface area (Å²) in [7, 11) is -3.69. The van der Waals surface area contributed by atoms with Crippen molar-refractivity contribution in [2.45, 2.75) is 56.7 Å². The molecule has 1 aromatic heterocycles. The molecule has 2 N–H and O–H groups in total. The standard InChI is InChI=1S/C23H27FN4O3S/c1-14-11-27-19(12-26-14)20(29)9-16-6-7-18(24)17(8-16)22(2)13-32(30,31)23(3,21(25)28-22)10-15-4-5-15/h6-8,11-12,15H,4-5,9-10,13H2,1-3H3,(H2,25,28)/t22-,23-/m0/s1. The van der Waals surface area contributed by atoms with E-state index in [1.54, 1.807) is 20.8 Å². The van der Waals surface area contributed by atoms with Crippen LogP contribution >= 0.6 is 0 Å². The molecule has 0 bridgehead atoms. The molecular weight excluding hydrogens is 431 g/mol. The molecule has 2 aromatic rings. The van der Waals surface area contributed by atoms with Crippen LogP contribution in [0.15, 0.2) is 35.6 Å². The van der Waals surface area contributed by atoms with Crippen LogP contribution in [0.1, 0.15) is 60.4 Å². The first-order valence-electron chi connectivity index (χ1n) is 10.6. The summed E-state index contributed by atoms with van der Waals surface area (Å²) in [6.07, 6.45) is 5.31. The van der Waals surface area contributed by atoms with Crippen LogP contribution in [0.5, 0.6) is 0 Å². The number of aryl methyl sites for hydroxylation is 1. The molecule has 1 aliphatic heterocycles. The third-order valence-electron chi connectivity index (χ3n) is 6.48. The number of sulfone groups is 1. The van der Waals surface area contributed by atoms with Gasteiger partial charge in [-0.3, -0.25) is 14.8 Å². The van der Waals surface area contributed by atoms with Crippen LogP contribution in [0.25, 0.3) is 0 Å². The summed E-state index contributed by atoms with van der Waals surface area (Å²) in [6, 6.07) is 4.24. The molecule has 9 heteroatoms. The number of nitrogens with zero attached hydrogens (tertiary/aromatic N) is 3. The van der Waals surface area contributed by atoms with Crippen molar-refractivity contribution in [1.29, 1.82) is 0 Å². The van der Waals surface area contributed by atoms with Gasteiger partial charge in [0, 0.05) is 18.2 Å². The SMILES string of the molecule is Cc1cnc(C(=O)Cc2ccc(F)c([C@]3(C)CS(=O)(=O)[C@@](C)(CC4CC4)C(N)=N3)c2)cn1. The fourth-order valence-electron chi connectivity index (χ4n) is 4.25. The summed E-state index contributed by atoms with van der Waals surface area (Å²) < 4.78 is 40.2. The zero-order chi connectivity index (χ0) is 23.3. The van der Waals surface area contributed by atoms with Crippen molar-refractivity contribution in [2.75, 3.05) is 5.75 Å². The van der Waals surface area contributed by atoms with E-state index in [1.807, 2.05) is 0 Å². The average molecular weight is 459 g/mol. The average Bonchev–Trinajstić information content (AvgIpc) is 3.52. The molecular formula is C23H27FN4O3S. The topological polar surface area (TPSA) is 115 Å². The Labute approximate surface area is 187 Å². The molecule has 1 fully saturated rings. The number of Topliss-reactive ketones (excluding diaryl/α,β-unsaturated/α-hetero) is 1. The third-order valence-corrected chi connectivity index (χ3v) is 9.17. The van der Waals surface area contributed by atoms with Gasteiger partial charge in [-0.1, -0.05) is 18.9 Å². The van der Waals surface area contributed by atoms with Crippen molar-refractivity contribution in [3.05, 3.63) is 58.9 Å². The minimum Gasteiger partial charge on any atom is -0.386 e. The monoisotopic (exact) mass is 458 g/mol. The fourth-order valence-corrected chi connectivity index (χ4v) is 6.39. The molecule has 0 spiro atoms. The molecule has 170 valence electrons. The zero-order valence-electron chi connectivity index (χ0n) is 18.4. The van der Waals surface area contributed by atoms with Crippen molar-refractivity contribution >= 4 is 21.5 Å². The molecule has 4 rings (SSSR count). The highest BCUT2D eigenvalue weighted by atomic mass is 32.2. The van der Waals surface area contributed by atoms with Crippen molar-refractivity contribution in [1.82, 2.24) is 9.97 Å². The number of aromatic nitrogens is 2. The number of hydrogen-bond acceptors (Lipinski definition) is 7. The molecule has 2 atom stereocenters. The number of rotatable bonds is 6. The molecule has 2 aliphatic rings. The molecule has 2 heterocycles. The van der Waals surface area contributed by atoms with Crippen molar-refractivity contribution < 1.29 is 17.6 Å². The number of carbonyl (C=O) groups is 1. The fraction of sp³-hybridized carbons (Fsp3) is 0.478. The summed E-state index contributed by atoms with van der Waals surface area (Å²) in [5, 5.41) is 0. The maximum atomic E-state index is 14.9. The minimum absolute atomic E-state index is 0.0214. The van der Waals surface area contributed by atoms with Gasteiger partial charge in [0.15, 0.2) is 15.6 Å². The lowest BCUT2D eigenvalue weighted by atomic mass is 9.90. The van der Waals surface area contributed by atoms with Gasteiger partial charge in [-0.2, -0.15) is 0 Å². The quantitative estimate of drug-likeness (QED) is 0.666. The Kier molecular flexibility index (Phi) is 5.43. The van der Waals surface area contributed by atoms with E-state index in [9.17, 15) is 17.6 Å². The molecule has 32 heavy (non-hydrogen) atoms. The van der Waals surface area contributed by atoms with E-state index in [0.717, 1.165) is 12.8 Å².